The van der Waals surface area contributed by atoms with E-state index in [-0.39, 0.29) is 18.1 Å². The summed E-state index contributed by atoms with van der Waals surface area (Å²) < 4.78 is 20.8. The molecule has 32 heavy (non-hydrogen) atoms. The van der Waals surface area contributed by atoms with Gasteiger partial charge in [-0.05, 0) is 30.5 Å². The topological polar surface area (TPSA) is 83.4 Å². The second-order valence-corrected chi connectivity index (χ2v) is 8.73. The number of nitrogens with one attached hydrogen (secondary N) is 2. The number of hydrogen-bond donors (Lipinski definition) is 2. The van der Waals surface area contributed by atoms with Crippen LogP contribution >= 0.6 is 0 Å². The van der Waals surface area contributed by atoms with Crippen LogP contribution in [-0.2, 0) is 17.8 Å². The average molecular weight is 436 g/mol. The van der Waals surface area contributed by atoms with Crippen LogP contribution in [0.5, 0.6) is 0 Å². The van der Waals surface area contributed by atoms with Crippen LogP contribution in [0.4, 0.5) is 21.8 Å². The largest absolute Gasteiger partial charge is 0.354 e. The number of benzene rings is 1. The van der Waals surface area contributed by atoms with Crippen molar-refractivity contribution in [3.8, 4) is 0 Å². The van der Waals surface area contributed by atoms with Crippen molar-refractivity contribution < 1.29 is 9.13 Å². The minimum Gasteiger partial charge on any atom is -0.354 e. The number of nitrogens with zero attached hydrogens (tertiary/aromatic N) is 5. The second-order valence-electron chi connectivity index (χ2n) is 8.73. The summed E-state index contributed by atoms with van der Waals surface area (Å²) in [6.07, 6.45) is 10.8. The van der Waals surface area contributed by atoms with Crippen molar-refractivity contribution in [3.05, 3.63) is 59.8 Å². The summed E-state index contributed by atoms with van der Waals surface area (Å²) in [7, 11) is 0. The van der Waals surface area contributed by atoms with Crippen molar-refractivity contribution in [1.82, 2.24) is 19.7 Å². The molecule has 0 bridgehead atoms. The number of fused-ring (bicyclic) bond motifs is 5. The van der Waals surface area contributed by atoms with E-state index >= 15 is 0 Å². The number of rotatable bonds is 5. The Hall–Kier alpha value is -3.20. The van der Waals surface area contributed by atoms with Crippen LogP contribution in [0.15, 0.2) is 42.9 Å². The molecule has 3 aliphatic heterocycles. The Morgan fingerprint density at radius 1 is 1.12 bits per heavy atom. The summed E-state index contributed by atoms with van der Waals surface area (Å²) in [5, 5.41) is 11.2. The SMILES string of the molecule is Fc1ccc(Cn2cc(CNc3ncc4c(n3)N3CCCCCC3C3OC3N4)cn2)cc1. The van der Waals surface area contributed by atoms with Gasteiger partial charge < -0.3 is 20.3 Å². The Bertz CT molecular complexity index is 1100. The first-order valence-electron chi connectivity index (χ1n) is 11.3. The van der Waals surface area contributed by atoms with Crippen molar-refractivity contribution in [1.29, 1.82) is 0 Å². The minimum atomic E-state index is -0.230. The van der Waals surface area contributed by atoms with E-state index in [0.29, 0.717) is 25.1 Å². The molecule has 3 atom stereocenters. The van der Waals surface area contributed by atoms with Gasteiger partial charge in [-0.25, -0.2) is 9.37 Å². The van der Waals surface area contributed by atoms with Gasteiger partial charge in [-0.15, -0.1) is 0 Å². The predicted molar refractivity (Wildman–Crippen MR) is 119 cm³/mol. The molecule has 2 fully saturated rings. The Kier molecular flexibility index (Phi) is 4.90. The Labute approximate surface area is 185 Å². The first-order chi connectivity index (χ1) is 15.7. The molecule has 0 spiro atoms. The molecule has 0 saturated carbocycles. The van der Waals surface area contributed by atoms with E-state index < -0.39 is 0 Å². The van der Waals surface area contributed by atoms with Crippen LogP contribution in [0, 0.1) is 5.82 Å². The van der Waals surface area contributed by atoms with E-state index in [1.807, 2.05) is 23.3 Å². The Morgan fingerprint density at radius 3 is 2.94 bits per heavy atom. The van der Waals surface area contributed by atoms with Gasteiger partial charge in [0.1, 0.15) is 11.9 Å². The number of aromatic nitrogens is 4. The highest BCUT2D eigenvalue weighted by Crippen LogP contribution is 2.42. The molecule has 9 heteroatoms. The zero-order valence-corrected chi connectivity index (χ0v) is 17.7. The smallest absolute Gasteiger partial charge is 0.225 e. The maximum atomic E-state index is 13.1. The van der Waals surface area contributed by atoms with Gasteiger partial charge in [0, 0.05) is 24.8 Å². The molecular weight excluding hydrogens is 409 g/mol. The van der Waals surface area contributed by atoms with Gasteiger partial charge >= 0.3 is 0 Å². The molecule has 2 aromatic heterocycles. The first kappa shape index (κ1) is 19.5. The minimum absolute atomic E-state index is 0.0798. The van der Waals surface area contributed by atoms with Gasteiger partial charge in [0.25, 0.3) is 0 Å². The summed E-state index contributed by atoms with van der Waals surface area (Å²) in [6, 6.07) is 6.87. The molecule has 3 aliphatic rings. The maximum Gasteiger partial charge on any atom is 0.225 e. The van der Waals surface area contributed by atoms with E-state index in [0.717, 1.165) is 35.6 Å². The van der Waals surface area contributed by atoms with Gasteiger partial charge in [0.15, 0.2) is 12.0 Å². The molecule has 166 valence electrons. The zero-order chi connectivity index (χ0) is 21.5. The lowest BCUT2D eigenvalue weighted by atomic mass is 10.1. The summed E-state index contributed by atoms with van der Waals surface area (Å²) in [4.78, 5) is 11.8. The van der Waals surface area contributed by atoms with E-state index in [9.17, 15) is 4.39 Å². The molecule has 0 amide bonds. The highest BCUT2D eigenvalue weighted by molar-refractivity contribution is 5.69. The summed E-state index contributed by atoms with van der Waals surface area (Å²) in [5.41, 5.74) is 2.98. The van der Waals surface area contributed by atoms with Crippen LogP contribution in [0.2, 0.25) is 0 Å². The highest BCUT2D eigenvalue weighted by atomic mass is 19.1. The predicted octanol–water partition coefficient (Wildman–Crippen LogP) is 3.37. The van der Waals surface area contributed by atoms with Crippen LogP contribution in [0.1, 0.15) is 36.8 Å². The lowest BCUT2D eigenvalue weighted by molar-refractivity contribution is 0.340. The second kappa shape index (κ2) is 8.05. The maximum absolute atomic E-state index is 13.1. The first-order valence-corrected chi connectivity index (χ1v) is 11.3. The van der Waals surface area contributed by atoms with Gasteiger partial charge in [-0.2, -0.15) is 10.1 Å². The number of epoxide rings is 1. The molecule has 6 rings (SSSR count). The molecule has 5 heterocycles. The van der Waals surface area contributed by atoms with Gasteiger partial charge in [0.2, 0.25) is 5.95 Å². The van der Waals surface area contributed by atoms with Crippen LogP contribution in [0.3, 0.4) is 0 Å². The van der Waals surface area contributed by atoms with Crippen LogP contribution < -0.4 is 15.5 Å². The molecule has 3 aromatic rings. The van der Waals surface area contributed by atoms with Crippen LogP contribution in [0.25, 0.3) is 0 Å². The number of ether oxygens (including phenoxy) is 1. The third kappa shape index (κ3) is 3.88. The molecule has 3 unspecified atom stereocenters. The molecule has 0 radical (unpaired) electrons. The standard InChI is InChI=1S/C23H26FN7O/c24-17-7-5-15(6-8-17)13-30-14-16(11-27-30)10-25-23-26-12-18-21(29-23)31-9-3-1-2-4-19(31)20-22(28-18)32-20/h5-8,11-12,14,19-20,22,28H,1-4,9-10,13H2,(H,25,26,29). The third-order valence-electron chi connectivity index (χ3n) is 6.44. The number of anilines is 3. The van der Waals surface area contributed by atoms with Crippen molar-refractivity contribution >= 4 is 17.5 Å². The van der Waals surface area contributed by atoms with E-state index in [1.54, 1.807) is 12.1 Å². The normalized spacial score (nSPS) is 23.8. The van der Waals surface area contributed by atoms with Crippen molar-refractivity contribution in [3.63, 3.8) is 0 Å². The summed E-state index contributed by atoms with van der Waals surface area (Å²) >= 11 is 0. The Morgan fingerprint density at radius 2 is 2.03 bits per heavy atom. The van der Waals surface area contributed by atoms with Crippen molar-refractivity contribution in [2.24, 2.45) is 0 Å². The Balaban J connectivity index is 1.15. The fourth-order valence-electron chi connectivity index (χ4n) is 4.75. The average Bonchev–Trinajstić information content (AvgIpc) is 3.50. The molecule has 2 N–H and O–H groups in total. The van der Waals surface area contributed by atoms with E-state index in [1.165, 1.54) is 31.4 Å². The monoisotopic (exact) mass is 435 g/mol. The van der Waals surface area contributed by atoms with Crippen LogP contribution in [-0.4, -0.2) is 44.7 Å². The number of hydrogen-bond acceptors (Lipinski definition) is 7. The summed E-state index contributed by atoms with van der Waals surface area (Å²) in [5.74, 6) is 1.35. The van der Waals surface area contributed by atoms with E-state index in [2.05, 4.69) is 25.6 Å². The molecular formula is C23H26FN7O. The van der Waals surface area contributed by atoms with Gasteiger partial charge in [-0.1, -0.05) is 25.0 Å². The lowest BCUT2D eigenvalue weighted by Gasteiger charge is -2.30. The van der Waals surface area contributed by atoms with E-state index in [4.69, 9.17) is 9.72 Å². The fourth-order valence-corrected chi connectivity index (χ4v) is 4.75. The summed E-state index contributed by atoms with van der Waals surface area (Å²) in [6.45, 7) is 2.17. The molecule has 8 nitrogen and oxygen atoms in total. The lowest BCUT2D eigenvalue weighted by Crippen LogP contribution is -2.39. The highest BCUT2D eigenvalue weighted by Gasteiger charge is 2.50. The quantitative estimate of drug-likeness (QED) is 0.595. The molecule has 2 saturated heterocycles. The molecule has 0 aliphatic carbocycles. The fraction of sp³-hybridized carbons (Fsp3) is 0.435. The van der Waals surface area contributed by atoms with Gasteiger partial charge in [0.05, 0.1) is 30.7 Å². The number of halogens is 1. The van der Waals surface area contributed by atoms with Gasteiger partial charge in [-0.3, -0.25) is 4.68 Å². The van der Waals surface area contributed by atoms with Crippen molar-refractivity contribution in [2.45, 2.75) is 57.1 Å². The zero-order valence-electron chi connectivity index (χ0n) is 17.7. The van der Waals surface area contributed by atoms with Crippen molar-refractivity contribution in [2.75, 3.05) is 22.1 Å². The third-order valence-corrected chi connectivity index (χ3v) is 6.44. The molecule has 1 aromatic carbocycles.